The average Bonchev–Trinajstić information content (AvgIpc) is 2.33. The lowest BCUT2D eigenvalue weighted by Crippen LogP contribution is -2.10. The van der Waals surface area contributed by atoms with Crippen molar-refractivity contribution in [2.24, 2.45) is 0 Å². The summed E-state index contributed by atoms with van der Waals surface area (Å²) in [4.78, 5) is 0. The molecule has 0 aliphatic rings. The highest BCUT2D eigenvalue weighted by Crippen LogP contribution is 2.22. The third kappa shape index (κ3) is 5.50. The van der Waals surface area contributed by atoms with Crippen molar-refractivity contribution in [3.05, 3.63) is 41.5 Å². The molecule has 0 radical (unpaired) electrons. The molecule has 0 aliphatic carbocycles. The quantitative estimate of drug-likeness (QED) is 0.654. The van der Waals surface area contributed by atoms with E-state index < -0.39 is 0 Å². The summed E-state index contributed by atoms with van der Waals surface area (Å²) in [5.74, 6) is 0. The normalized spacial score (nSPS) is 12.2. The van der Waals surface area contributed by atoms with Crippen LogP contribution in [0.15, 0.2) is 30.3 Å². The first-order valence-corrected chi connectivity index (χ1v) is 6.89. The first-order chi connectivity index (χ1) is 8.54. The summed E-state index contributed by atoms with van der Waals surface area (Å²) in [6.45, 7) is 10.5. The number of ether oxygens (including phenoxy) is 1. The standard InChI is InChI=1S/C17H26O/c1-5-6-13-18-14-7-8-15-9-11-16(12-10-15)17(2,3)4/h7-12H,5-6,13-14H2,1-4H3. The van der Waals surface area contributed by atoms with Crippen molar-refractivity contribution in [2.75, 3.05) is 13.2 Å². The zero-order valence-corrected chi connectivity index (χ0v) is 12.2. The highest BCUT2D eigenvalue weighted by Gasteiger charge is 2.12. The Bertz CT molecular complexity index is 354. The van der Waals surface area contributed by atoms with Gasteiger partial charge < -0.3 is 4.74 Å². The van der Waals surface area contributed by atoms with Gasteiger partial charge in [0.05, 0.1) is 6.61 Å². The molecule has 0 fully saturated rings. The van der Waals surface area contributed by atoms with E-state index in [0.29, 0.717) is 6.61 Å². The number of unbranched alkanes of at least 4 members (excludes halogenated alkanes) is 1. The third-order valence-electron chi connectivity index (χ3n) is 2.94. The van der Waals surface area contributed by atoms with Crippen molar-refractivity contribution < 1.29 is 4.74 Å². The van der Waals surface area contributed by atoms with Crippen molar-refractivity contribution in [1.82, 2.24) is 0 Å². The van der Waals surface area contributed by atoms with Gasteiger partial charge in [-0.05, 0) is 23.0 Å². The smallest absolute Gasteiger partial charge is 0.0650 e. The zero-order valence-electron chi connectivity index (χ0n) is 12.2. The molecule has 1 heteroatoms. The molecule has 1 rings (SSSR count). The Hall–Kier alpha value is -1.08. The van der Waals surface area contributed by atoms with Gasteiger partial charge in [-0.3, -0.25) is 0 Å². The molecule has 18 heavy (non-hydrogen) atoms. The summed E-state index contributed by atoms with van der Waals surface area (Å²) in [6, 6.07) is 8.75. The maximum absolute atomic E-state index is 5.49. The van der Waals surface area contributed by atoms with Gasteiger partial charge in [-0.15, -0.1) is 0 Å². The highest BCUT2D eigenvalue weighted by molar-refractivity contribution is 5.50. The van der Waals surface area contributed by atoms with Crippen LogP contribution in [-0.2, 0) is 10.2 Å². The number of rotatable bonds is 6. The van der Waals surface area contributed by atoms with Gasteiger partial charge in [0, 0.05) is 6.61 Å². The molecule has 0 aliphatic heterocycles. The van der Waals surface area contributed by atoms with Crippen LogP contribution in [0, 0.1) is 0 Å². The van der Waals surface area contributed by atoms with Crippen molar-refractivity contribution in [1.29, 1.82) is 0 Å². The summed E-state index contributed by atoms with van der Waals surface area (Å²) in [7, 11) is 0. The number of benzene rings is 1. The number of hydrogen-bond acceptors (Lipinski definition) is 1. The van der Waals surface area contributed by atoms with E-state index in [0.717, 1.165) is 13.0 Å². The molecule has 100 valence electrons. The summed E-state index contributed by atoms with van der Waals surface area (Å²) < 4.78 is 5.49. The lowest BCUT2D eigenvalue weighted by molar-refractivity contribution is 0.159. The Morgan fingerprint density at radius 1 is 1.11 bits per heavy atom. The molecule has 1 aromatic rings. The van der Waals surface area contributed by atoms with E-state index >= 15 is 0 Å². The van der Waals surface area contributed by atoms with E-state index in [1.54, 1.807) is 0 Å². The van der Waals surface area contributed by atoms with Crippen LogP contribution in [0.2, 0.25) is 0 Å². The van der Waals surface area contributed by atoms with Gasteiger partial charge in [0.1, 0.15) is 0 Å². The van der Waals surface area contributed by atoms with Gasteiger partial charge in [-0.2, -0.15) is 0 Å². The second-order valence-electron chi connectivity index (χ2n) is 5.70. The van der Waals surface area contributed by atoms with Crippen LogP contribution in [0.1, 0.15) is 51.7 Å². The molecule has 0 saturated heterocycles. The zero-order chi connectivity index (χ0) is 13.4. The van der Waals surface area contributed by atoms with E-state index in [1.807, 2.05) is 0 Å². The van der Waals surface area contributed by atoms with E-state index in [4.69, 9.17) is 4.74 Å². The van der Waals surface area contributed by atoms with E-state index in [-0.39, 0.29) is 5.41 Å². The van der Waals surface area contributed by atoms with Gasteiger partial charge in [0.2, 0.25) is 0 Å². The maximum atomic E-state index is 5.49. The fourth-order valence-electron chi connectivity index (χ4n) is 1.68. The molecule has 1 aromatic carbocycles. The third-order valence-corrected chi connectivity index (χ3v) is 2.94. The molecule has 0 heterocycles. The Morgan fingerprint density at radius 2 is 1.78 bits per heavy atom. The Morgan fingerprint density at radius 3 is 2.33 bits per heavy atom. The Kier molecular flexibility index (Phi) is 6.14. The predicted octanol–water partition coefficient (Wildman–Crippen LogP) is 4.81. The summed E-state index contributed by atoms with van der Waals surface area (Å²) in [5, 5.41) is 0. The molecule has 0 aromatic heterocycles. The van der Waals surface area contributed by atoms with Crippen LogP contribution >= 0.6 is 0 Å². The second kappa shape index (κ2) is 7.38. The highest BCUT2D eigenvalue weighted by atomic mass is 16.5. The van der Waals surface area contributed by atoms with E-state index in [1.165, 1.54) is 17.5 Å². The molecule has 0 unspecified atom stereocenters. The minimum Gasteiger partial charge on any atom is -0.377 e. The van der Waals surface area contributed by atoms with Gasteiger partial charge in [0.25, 0.3) is 0 Å². The summed E-state index contributed by atoms with van der Waals surface area (Å²) in [6.07, 6.45) is 6.55. The summed E-state index contributed by atoms with van der Waals surface area (Å²) in [5.41, 5.74) is 2.84. The minimum atomic E-state index is 0.228. The van der Waals surface area contributed by atoms with Crippen LogP contribution < -0.4 is 0 Å². The largest absolute Gasteiger partial charge is 0.377 e. The molecule has 0 spiro atoms. The molecule has 0 N–H and O–H groups in total. The molecule has 0 saturated carbocycles. The van der Waals surface area contributed by atoms with Crippen LogP contribution in [0.4, 0.5) is 0 Å². The van der Waals surface area contributed by atoms with Crippen LogP contribution in [0.25, 0.3) is 6.08 Å². The maximum Gasteiger partial charge on any atom is 0.0650 e. The van der Waals surface area contributed by atoms with Crippen LogP contribution in [-0.4, -0.2) is 13.2 Å². The second-order valence-corrected chi connectivity index (χ2v) is 5.70. The first kappa shape index (κ1) is 15.0. The summed E-state index contributed by atoms with van der Waals surface area (Å²) >= 11 is 0. The number of hydrogen-bond donors (Lipinski definition) is 0. The fourth-order valence-corrected chi connectivity index (χ4v) is 1.68. The fraction of sp³-hybridized carbons (Fsp3) is 0.529. The Balaban J connectivity index is 2.41. The molecular weight excluding hydrogens is 220 g/mol. The average molecular weight is 246 g/mol. The topological polar surface area (TPSA) is 9.23 Å². The van der Waals surface area contributed by atoms with Crippen LogP contribution in [0.3, 0.4) is 0 Å². The minimum absolute atomic E-state index is 0.228. The predicted molar refractivity (Wildman–Crippen MR) is 79.9 cm³/mol. The molecular formula is C17H26O. The van der Waals surface area contributed by atoms with Gasteiger partial charge >= 0.3 is 0 Å². The lowest BCUT2D eigenvalue weighted by Gasteiger charge is -2.18. The van der Waals surface area contributed by atoms with Gasteiger partial charge in [-0.1, -0.05) is 70.5 Å². The van der Waals surface area contributed by atoms with Gasteiger partial charge in [-0.25, -0.2) is 0 Å². The van der Waals surface area contributed by atoms with Crippen molar-refractivity contribution in [3.8, 4) is 0 Å². The first-order valence-electron chi connectivity index (χ1n) is 6.89. The van der Waals surface area contributed by atoms with E-state index in [9.17, 15) is 0 Å². The SMILES string of the molecule is CCCCOCC=Cc1ccc(C(C)(C)C)cc1. The van der Waals surface area contributed by atoms with E-state index in [2.05, 4.69) is 64.1 Å². The molecule has 1 nitrogen and oxygen atoms in total. The molecule has 0 atom stereocenters. The van der Waals surface area contributed by atoms with Crippen molar-refractivity contribution in [3.63, 3.8) is 0 Å². The monoisotopic (exact) mass is 246 g/mol. The van der Waals surface area contributed by atoms with Crippen LogP contribution in [0.5, 0.6) is 0 Å². The van der Waals surface area contributed by atoms with Crippen molar-refractivity contribution in [2.45, 2.75) is 46.0 Å². The molecule has 0 amide bonds. The lowest BCUT2D eigenvalue weighted by atomic mass is 9.87. The molecule has 0 bridgehead atoms. The van der Waals surface area contributed by atoms with Crippen molar-refractivity contribution >= 4 is 6.08 Å². The van der Waals surface area contributed by atoms with Gasteiger partial charge in [0.15, 0.2) is 0 Å². The Labute approximate surface area is 112 Å².